The molecule has 10 heavy (non-hydrogen) atoms. The summed E-state index contributed by atoms with van der Waals surface area (Å²) in [6.07, 6.45) is 2.46. The van der Waals surface area contributed by atoms with Gasteiger partial charge in [0.15, 0.2) is 0 Å². The lowest BCUT2D eigenvalue weighted by Gasteiger charge is -2.23. The maximum Gasteiger partial charge on any atom is 0.278 e. The molecule has 0 bridgehead atoms. The average Bonchev–Trinajstić information content (AvgIpc) is 1.80. The first-order chi connectivity index (χ1) is 4.52. The fourth-order valence-corrected chi connectivity index (χ4v) is 0.800. The number of hydrogen-bond donors (Lipinski definition) is 3. The molecule has 3 N–H and O–H groups in total. The Bertz CT molecular complexity index is 104. The minimum atomic E-state index is -2.55. The zero-order chi connectivity index (χ0) is 8.20. The van der Waals surface area contributed by atoms with Crippen LogP contribution in [0.2, 0.25) is 0 Å². The summed E-state index contributed by atoms with van der Waals surface area (Å²) in [6.45, 7) is 5.20. The largest absolute Gasteiger partial charge is 0.343 e. The van der Waals surface area contributed by atoms with E-state index in [2.05, 4.69) is 6.58 Å². The topological polar surface area (TPSA) is 60.7 Å². The van der Waals surface area contributed by atoms with Crippen LogP contribution >= 0.6 is 0 Å². The minimum Gasteiger partial charge on any atom is -0.343 e. The summed E-state index contributed by atoms with van der Waals surface area (Å²) in [6, 6.07) is 0. The molecular weight excluding hydrogens is 132 g/mol. The summed E-state index contributed by atoms with van der Waals surface area (Å²) >= 11 is 0. The third-order valence-electron chi connectivity index (χ3n) is 1.49. The second-order valence-corrected chi connectivity index (χ2v) is 2.32. The van der Waals surface area contributed by atoms with Gasteiger partial charge in [-0.3, -0.25) is 0 Å². The molecule has 60 valence electrons. The normalized spacial score (nSPS) is 14.8. The van der Waals surface area contributed by atoms with Gasteiger partial charge < -0.3 is 15.3 Å². The molecule has 0 aromatic carbocycles. The van der Waals surface area contributed by atoms with E-state index in [4.69, 9.17) is 15.3 Å². The smallest absolute Gasteiger partial charge is 0.278 e. The highest BCUT2D eigenvalue weighted by molar-refractivity contribution is 4.75. The Hall–Kier alpha value is -0.380. The van der Waals surface area contributed by atoms with Crippen molar-refractivity contribution >= 4 is 0 Å². The van der Waals surface area contributed by atoms with Crippen LogP contribution in [0.4, 0.5) is 0 Å². The first kappa shape index (κ1) is 9.62. The van der Waals surface area contributed by atoms with Crippen molar-refractivity contribution in [1.82, 2.24) is 0 Å². The van der Waals surface area contributed by atoms with Gasteiger partial charge in [-0.15, -0.1) is 6.58 Å². The minimum absolute atomic E-state index is 0.403. The molecule has 0 saturated heterocycles. The predicted molar refractivity (Wildman–Crippen MR) is 38.0 cm³/mol. The zero-order valence-corrected chi connectivity index (χ0v) is 6.12. The summed E-state index contributed by atoms with van der Waals surface area (Å²) in [5.41, 5.74) is 0. The van der Waals surface area contributed by atoms with Crippen LogP contribution in [0, 0.1) is 5.92 Å². The van der Waals surface area contributed by atoms with Gasteiger partial charge in [-0.1, -0.05) is 13.0 Å². The van der Waals surface area contributed by atoms with Gasteiger partial charge in [0.2, 0.25) is 0 Å². The van der Waals surface area contributed by atoms with E-state index in [1.807, 2.05) is 0 Å². The van der Waals surface area contributed by atoms with Crippen molar-refractivity contribution in [3.8, 4) is 0 Å². The molecule has 1 atom stereocenters. The molecule has 1 unspecified atom stereocenters. The molecule has 3 nitrogen and oxygen atoms in total. The van der Waals surface area contributed by atoms with Crippen LogP contribution in [-0.4, -0.2) is 21.3 Å². The molecule has 0 fully saturated rings. The van der Waals surface area contributed by atoms with Crippen molar-refractivity contribution in [1.29, 1.82) is 0 Å². The van der Waals surface area contributed by atoms with Crippen molar-refractivity contribution in [3.63, 3.8) is 0 Å². The molecule has 0 aromatic rings. The molecule has 0 aliphatic rings. The van der Waals surface area contributed by atoms with Gasteiger partial charge >= 0.3 is 0 Å². The van der Waals surface area contributed by atoms with E-state index < -0.39 is 11.9 Å². The van der Waals surface area contributed by atoms with E-state index in [1.165, 1.54) is 0 Å². The fraction of sp³-hybridized carbons (Fsp3) is 0.714. The van der Waals surface area contributed by atoms with Gasteiger partial charge in [0, 0.05) is 5.92 Å². The summed E-state index contributed by atoms with van der Waals surface area (Å²) in [5, 5.41) is 26.0. The molecule has 0 aliphatic carbocycles. The number of rotatable bonds is 4. The molecule has 3 heteroatoms. The van der Waals surface area contributed by atoms with Gasteiger partial charge in [0.05, 0.1) is 0 Å². The average molecular weight is 146 g/mol. The van der Waals surface area contributed by atoms with Crippen molar-refractivity contribution in [3.05, 3.63) is 12.7 Å². The van der Waals surface area contributed by atoms with Gasteiger partial charge in [0.1, 0.15) is 0 Å². The molecule has 0 aliphatic heterocycles. The van der Waals surface area contributed by atoms with Crippen molar-refractivity contribution in [2.24, 2.45) is 5.92 Å². The van der Waals surface area contributed by atoms with Crippen LogP contribution in [0.5, 0.6) is 0 Å². The first-order valence-electron chi connectivity index (χ1n) is 3.30. The highest BCUT2D eigenvalue weighted by Crippen LogP contribution is 2.18. The molecular formula is C7H14O3. The highest BCUT2D eigenvalue weighted by atomic mass is 16.7. The van der Waals surface area contributed by atoms with Gasteiger partial charge in [-0.25, -0.2) is 0 Å². The van der Waals surface area contributed by atoms with Crippen LogP contribution in [-0.2, 0) is 0 Å². The lowest BCUT2D eigenvalue weighted by molar-refractivity contribution is -0.341. The first-order valence-corrected chi connectivity index (χ1v) is 3.30. The van der Waals surface area contributed by atoms with E-state index >= 15 is 0 Å². The monoisotopic (exact) mass is 146 g/mol. The van der Waals surface area contributed by atoms with E-state index in [9.17, 15) is 0 Å². The molecule has 0 saturated carbocycles. The third-order valence-corrected chi connectivity index (χ3v) is 1.49. The van der Waals surface area contributed by atoms with Crippen molar-refractivity contribution in [2.75, 3.05) is 0 Å². The van der Waals surface area contributed by atoms with Gasteiger partial charge in [-0.05, 0) is 12.8 Å². The maximum atomic E-state index is 8.67. The Morgan fingerprint density at radius 2 is 2.00 bits per heavy atom. The van der Waals surface area contributed by atoms with Crippen LogP contribution < -0.4 is 0 Å². The SMILES string of the molecule is C=CCC(CC)C(O)(O)O. The van der Waals surface area contributed by atoms with Crippen molar-refractivity contribution in [2.45, 2.75) is 25.7 Å². The molecule has 0 aromatic heterocycles. The second-order valence-electron chi connectivity index (χ2n) is 2.32. The number of hydrogen-bond acceptors (Lipinski definition) is 3. The fourth-order valence-electron chi connectivity index (χ4n) is 0.800. The Morgan fingerprint density at radius 1 is 1.50 bits per heavy atom. The summed E-state index contributed by atoms with van der Waals surface area (Å²) in [4.78, 5) is 0. The van der Waals surface area contributed by atoms with Crippen LogP contribution in [0.15, 0.2) is 12.7 Å². The molecule has 0 heterocycles. The lowest BCUT2D eigenvalue weighted by Crippen LogP contribution is -2.36. The molecule has 0 rings (SSSR count). The van der Waals surface area contributed by atoms with Crippen LogP contribution in [0.25, 0.3) is 0 Å². The van der Waals surface area contributed by atoms with E-state index in [0.29, 0.717) is 12.8 Å². The maximum absolute atomic E-state index is 8.67. The number of allylic oxidation sites excluding steroid dienone is 1. The van der Waals surface area contributed by atoms with Crippen LogP contribution in [0.1, 0.15) is 19.8 Å². The van der Waals surface area contributed by atoms with E-state index in [-0.39, 0.29) is 0 Å². The Balaban J connectivity index is 3.92. The standard InChI is InChI=1S/C7H14O3/c1-3-5-6(4-2)7(8,9)10/h3,6,8-10H,1,4-5H2,2H3. The van der Waals surface area contributed by atoms with Crippen LogP contribution in [0.3, 0.4) is 0 Å². The predicted octanol–water partition coefficient (Wildman–Crippen LogP) is 0.219. The van der Waals surface area contributed by atoms with E-state index in [0.717, 1.165) is 0 Å². The lowest BCUT2D eigenvalue weighted by atomic mass is 10.00. The molecule has 0 amide bonds. The molecule has 0 radical (unpaired) electrons. The zero-order valence-electron chi connectivity index (χ0n) is 6.12. The third kappa shape index (κ3) is 2.96. The Kier molecular flexibility index (Phi) is 3.57. The number of aliphatic hydroxyl groups is 3. The van der Waals surface area contributed by atoms with Gasteiger partial charge in [-0.2, -0.15) is 0 Å². The summed E-state index contributed by atoms with van der Waals surface area (Å²) in [7, 11) is 0. The van der Waals surface area contributed by atoms with E-state index in [1.54, 1.807) is 13.0 Å². The molecule has 0 spiro atoms. The summed E-state index contributed by atoms with van der Waals surface area (Å²) in [5.74, 6) is -3.09. The van der Waals surface area contributed by atoms with Gasteiger partial charge in [0.25, 0.3) is 5.97 Å². The quantitative estimate of drug-likeness (QED) is 0.393. The summed E-state index contributed by atoms with van der Waals surface area (Å²) < 4.78 is 0. The second kappa shape index (κ2) is 3.71. The Morgan fingerprint density at radius 3 is 2.10 bits per heavy atom. The highest BCUT2D eigenvalue weighted by Gasteiger charge is 2.28. The van der Waals surface area contributed by atoms with Crippen molar-refractivity contribution < 1.29 is 15.3 Å². The Labute approximate surface area is 60.6 Å².